The highest BCUT2D eigenvalue weighted by atomic mass is 16.5. The fourth-order valence-corrected chi connectivity index (χ4v) is 4.02. The number of aryl methyl sites for hydroxylation is 2. The predicted molar refractivity (Wildman–Crippen MR) is 129 cm³/mol. The maximum Gasteiger partial charge on any atom is 0.341 e. The number of rotatable bonds is 11. The summed E-state index contributed by atoms with van der Waals surface area (Å²) in [5.74, 6) is -0.223. The van der Waals surface area contributed by atoms with Crippen molar-refractivity contribution in [1.82, 2.24) is 9.78 Å². The minimum Gasteiger partial charge on any atom is -0.482 e. The first kappa shape index (κ1) is 22.3. The quantitative estimate of drug-likeness (QED) is 0.311. The molecular formula is C28H28N2O3. The Morgan fingerprint density at radius 3 is 2.09 bits per heavy atom. The number of nitrogens with zero attached hydrogens (tertiary/aromatic N) is 2. The van der Waals surface area contributed by atoms with Gasteiger partial charge in [0.05, 0.1) is 6.20 Å². The summed E-state index contributed by atoms with van der Waals surface area (Å²) in [7, 11) is 0. The van der Waals surface area contributed by atoms with Crippen molar-refractivity contribution in [3.63, 3.8) is 0 Å². The first-order chi connectivity index (χ1) is 16.2. The molecule has 0 saturated carbocycles. The number of carboxylic acid groups (broad SMARTS) is 1. The van der Waals surface area contributed by atoms with Crippen LogP contribution in [0.3, 0.4) is 0 Å². The lowest BCUT2D eigenvalue weighted by Gasteiger charge is -2.16. The zero-order chi connectivity index (χ0) is 22.9. The lowest BCUT2D eigenvalue weighted by atomic mass is 9.87. The van der Waals surface area contributed by atoms with Gasteiger partial charge in [0.2, 0.25) is 0 Å². The average Bonchev–Trinajstić information content (AvgIpc) is 3.31. The van der Waals surface area contributed by atoms with Gasteiger partial charge in [0, 0.05) is 24.2 Å². The normalized spacial score (nSPS) is 10.9. The van der Waals surface area contributed by atoms with E-state index in [2.05, 4.69) is 59.8 Å². The van der Waals surface area contributed by atoms with E-state index in [-0.39, 0.29) is 12.5 Å². The fourth-order valence-electron chi connectivity index (χ4n) is 4.02. The molecule has 0 saturated heterocycles. The van der Waals surface area contributed by atoms with Crippen LogP contribution >= 0.6 is 0 Å². The summed E-state index contributed by atoms with van der Waals surface area (Å²) in [6, 6.07) is 28.8. The molecule has 1 heterocycles. The van der Waals surface area contributed by atoms with E-state index in [9.17, 15) is 4.79 Å². The highest BCUT2D eigenvalue weighted by Crippen LogP contribution is 2.31. The lowest BCUT2D eigenvalue weighted by molar-refractivity contribution is -0.139. The number of hydrogen-bond acceptors (Lipinski definition) is 3. The van der Waals surface area contributed by atoms with Crippen molar-refractivity contribution in [1.29, 1.82) is 0 Å². The van der Waals surface area contributed by atoms with Crippen LogP contribution in [0.5, 0.6) is 5.75 Å². The molecular weight excluding hydrogens is 412 g/mol. The predicted octanol–water partition coefficient (Wildman–Crippen LogP) is 5.55. The van der Waals surface area contributed by atoms with Gasteiger partial charge in [0.25, 0.3) is 0 Å². The van der Waals surface area contributed by atoms with Crippen LogP contribution in [0.4, 0.5) is 0 Å². The van der Waals surface area contributed by atoms with Crippen molar-refractivity contribution in [2.24, 2.45) is 0 Å². The molecule has 0 unspecified atom stereocenters. The Hall–Kier alpha value is -3.86. The van der Waals surface area contributed by atoms with E-state index in [0.29, 0.717) is 5.75 Å². The van der Waals surface area contributed by atoms with Gasteiger partial charge in [-0.3, -0.25) is 4.68 Å². The Labute approximate surface area is 194 Å². The van der Waals surface area contributed by atoms with Crippen molar-refractivity contribution in [2.45, 2.75) is 31.7 Å². The molecule has 1 N–H and O–H groups in total. The number of ether oxygens (including phenoxy) is 1. The van der Waals surface area contributed by atoms with Crippen LogP contribution in [-0.2, 0) is 17.8 Å². The van der Waals surface area contributed by atoms with Crippen LogP contribution in [0.15, 0.2) is 97.3 Å². The Kier molecular flexibility index (Phi) is 7.54. The van der Waals surface area contributed by atoms with Gasteiger partial charge in [-0.05, 0) is 48.1 Å². The van der Waals surface area contributed by atoms with Gasteiger partial charge in [0.1, 0.15) is 5.75 Å². The van der Waals surface area contributed by atoms with Crippen LogP contribution in [-0.4, -0.2) is 27.5 Å². The largest absolute Gasteiger partial charge is 0.482 e. The molecule has 5 heteroatoms. The van der Waals surface area contributed by atoms with Crippen LogP contribution in [0, 0.1) is 0 Å². The number of aliphatic carboxylic acids is 1. The average molecular weight is 441 g/mol. The smallest absolute Gasteiger partial charge is 0.341 e. The molecule has 0 spiro atoms. The minimum atomic E-state index is -0.972. The summed E-state index contributed by atoms with van der Waals surface area (Å²) in [5.41, 5.74) is 4.94. The molecule has 0 aliphatic rings. The summed E-state index contributed by atoms with van der Waals surface area (Å²) in [6.45, 7) is 0.552. The van der Waals surface area contributed by atoms with Gasteiger partial charge in [0.15, 0.2) is 6.61 Å². The lowest BCUT2D eigenvalue weighted by Crippen LogP contribution is -2.09. The maximum atomic E-state index is 10.6. The molecule has 0 aliphatic heterocycles. The van der Waals surface area contributed by atoms with Crippen LogP contribution < -0.4 is 4.74 Å². The number of carbonyl (C=O) groups is 1. The zero-order valence-electron chi connectivity index (χ0n) is 18.5. The third-order valence-electron chi connectivity index (χ3n) is 5.64. The van der Waals surface area contributed by atoms with E-state index in [1.807, 2.05) is 47.3 Å². The summed E-state index contributed by atoms with van der Waals surface area (Å²) in [5, 5.41) is 13.3. The molecule has 0 atom stereocenters. The third kappa shape index (κ3) is 6.32. The van der Waals surface area contributed by atoms with E-state index >= 15 is 0 Å². The van der Waals surface area contributed by atoms with E-state index in [4.69, 9.17) is 9.84 Å². The molecule has 4 aromatic rings. The summed E-state index contributed by atoms with van der Waals surface area (Å²) >= 11 is 0. The van der Waals surface area contributed by atoms with Crippen molar-refractivity contribution in [3.8, 4) is 5.75 Å². The van der Waals surface area contributed by atoms with Gasteiger partial charge >= 0.3 is 5.97 Å². The number of aromatic nitrogens is 2. The molecule has 4 rings (SSSR count). The number of hydrogen-bond donors (Lipinski definition) is 1. The Morgan fingerprint density at radius 1 is 0.848 bits per heavy atom. The Balaban J connectivity index is 1.33. The van der Waals surface area contributed by atoms with Gasteiger partial charge in [-0.25, -0.2) is 4.79 Å². The molecule has 0 bridgehead atoms. The Bertz CT molecular complexity index is 1100. The van der Waals surface area contributed by atoms with E-state index in [1.165, 1.54) is 22.3 Å². The number of benzene rings is 3. The highest BCUT2D eigenvalue weighted by molar-refractivity contribution is 5.68. The molecule has 168 valence electrons. The number of unbranched alkanes of at least 4 members (excludes halogenated alkanes) is 1. The van der Waals surface area contributed by atoms with Crippen molar-refractivity contribution >= 4 is 5.97 Å². The van der Waals surface area contributed by atoms with Crippen LogP contribution in [0.1, 0.15) is 41.0 Å². The second kappa shape index (κ2) is 11.1. The number of carboxylic acids is 1. The summed E-state index contributed by atoms with van der Waals surface area (Å²) in [4.78, 5) is 10.6. The van der Waals surface area contributed by atoms with E-state index in [0.717, 1.165) is 25.8 Å². The summed E-state index contributed by atoms with van der Waals surface area (Å²) in [6.07, 6.45) is 7.19. The molecule has 0 amide bonds. The molecule has 0 radical (unpaired) electrons. The minimum absolute atomic E-state index is 0.169. The molecule has 0 fully saturated rings. The first-order valence-electron chi connectivity index (χ1n) is 11.2. The van der Waals surface area contributed by atoms with Gasteiger partial charge in [-0.1, -0.05) is 72.8 Å². The zero-order valence-corrected chi connectivity index (χ0v) is 18.5. The van der Waals surface area contributed by atoms with Gasteiger partial charge in [-0.2, -0.15) is 5.10 Å². The monoisotopic (exact) mass is 440 g/mol. The first-order valence-corrected chi connectivity index (χ1v) is 11.2. The molecule has 0 aliphatic carbocycles. The van der Waals surface area contributed by atoms with E-state index in [1.54, 1.807) is 0 Å². The molecule has 33 heavy (non-hydrogen) atoms. The molecule has 3 aromatic carbocycles. The Morgan fingerprint density at radius 2 is 1.48 bits per heavy atom. The van der Waals surface area contributed by atoms with Crippen molar-refractivity contribution in [2.75, 3.05) is 6.61 Å². The second-order valence-corrected chi connectivity index (χ2v) is 8.07. The molecule has 1 aromatic heterocycles. The standard InChI is InChI=1S/C28H28N2O3/c31-27(32)21-33-26-16-14-22(15-17-26)9-7-8-18-30-20-25(19-29-30)28(23-10-3-1-4-11-23)24-12-5-2-6-13-24/h1-6,10-17,19-20,28H,7-9,18,21H2,(H,31,32). The third-order valence-corrected chi connectivity index (χ3v) is 5.64. The van der Waals surface area contributed by atoms with Crippen molar-refractivity contribution in [3.05, 3.63) is 120 Å². The van der Waals surface area contributed by atoms with Crippen molar-refractivity contribution < 1.29 is 14.6 Å². The SMILES string of the molecule is O=C(O)COc1ccc(CCCCn2cc(C(c3ccccc3)c3ccccc3)cn2)cc1. The highest BCUT2D eigenvalue weighted by Gasteiger charge is 2.18. The maximum absolute atomic E-state index is 10.6. The van der Waals surface area contributed by atoms with Crippen LogP contribution in [0.2, 0.25) is 0 Å². The molecule has 5 nitrogen and oxygen atoms in total. The van der Waals surface area contributed by atoms with Crippen LogP contribution in [0.25, 0.3) is 0 Å². The summed E-state index contributed by atoms with van der Waals surface area (Å²) < 4.78 is 7.22. The van der Waals surface area contributed by atoms with E-state index < -0.39 is 5.97 Å². The topological polar surface area (TPSA) is 64.3 Å². The second-order valence-electron chi connectivity index (χ2n) is 8.07. The van der Waals surface area contributed by atoms with Gasteiger partial charge < -0.3 is 9.84 Å². The fraction of sp³-hybridized carbons (Fsp3) is 0.214. The van der Waals surface area contributed by atoms with Gasteiger partial charge in [-0.15, -0.1) is 0 Å².